The number of fused-ring (bicyclic) bond motifs is 1. The second kappa shape index (κ2) is 10.1. The van der Waals surface area contributed by atoms with Crippen molar-refractivity contribution < 1.29 is 60.6 Å². The number of alkyl halides is 1. The molecule has 200 valence electrons. The Morgan fingerprint density at radius 3 is 2.56 bits per heavy atom. The molecule has 0 saturated carbocycles. The second-order valence-corrected chi connectivity index (χ2v) is 12.0. The largest absolute Gasteiger partial charge is 0.490 e. The zero-order valence-electron chi connectivity index (χ0n) is 17.4. The molecular formula is C13H16ClFN5O12P3S. The van der Waals surface area contributed by atoms with Crippen LogP contribution in [0.5, 0.6) is 0 Å². The average Bonchev–Trinajstić information content (AvgIpc) is 3.18. The number of nitrogens with two attached hydrogens (primary N) is 1. The summed E-state index contributed by atoms with van der Waals surface area (Å²) in [7, 11) is -17.1. The third kappa shape index (κ3) is 6.21. The summed E-state index contributed by atoms with van der Waals surface area (Å²) in [5, 5.41) is 12.4. The van der Waals surface area contributed by atoms with Crippen molar-refractivity contribution in [3.05, 3.63) is 11.0 Å². The minimum absolute atomic E-state index is 0.0419. The summed E-state index contributed by atoms with van der Waals surface area (Å²) in [4.78, 5) is 46.7. The van der Waals surface area contributed by atoms with Crippen molar-refractivity contribution in [1.82, 2.24) is 19.5 Å². The molecule has 0 aromatic carbocycles. The van der Waals surface area contributed by atoms with Gasteiger partial charge in [0.25, 0.3) is 0 Å². The van der Waals surface area contributed by atoms with Gasteiger partial charge in [0.1, 0.15) is 22.4 Å². The topological polar surface area (TPSA) is 262 Å². The van der Waals surface area contributed by atoms with Gasteiger partial charge in [0.05, 0.1) is 12.4 Å². The van der Waals surface area contributed by atoms with Crippen LogP contribution in [-0.4, -0.2) is 68.2 Å². The first kappa shape index (κ1) is 29.2. The van der Waals surface area contributed by atoms with E-state index in [1.807, 2.05) is 5.92 Å². The van der Waals surface area contributed by atoms with Crippen LogP contribution in [0.4, 0.5) is 10.3 Å². The number of aromatic nitrogens is 4. The Kier molecular flexibility index (Phi) is 8.20. The Morgan fingerprint density at radius 1 is 1.33 bits per heavy atom. The number of aliphatic hydroxyl groups is 1. The molecule has 0 spiro atoms. The number of nitrogens with one attached hydrogen (secondary N) is 1. The molecule has 7 atom stereocenters. The van der Waals surface area contributed by atoms with Crippen LogP contribution in [-0.2, 0) is 31.6 Å². The lowest BCUT2D eigenvalue weighted by Gasteiger charge is -2.25. The van der Waals surface area contributed by atoms with E-state index in [9.17, 15) is 28.6 Å². The van der Waals surface area contributed by atoms with E-state index in [2.05, 4.69) is 28.1 Å². The van der Waals surface area contributed by atoms with E-state index in [4.69, 9.17) is 44.1 Å². The van der Waals surface area contributed by atoms with Crippen LogP contribution in [0, 0.1) is 15.9 Å². The number of halogens is 2. The van der Waals surface area contributed by atoms with Crippen LogP contribution < -0.4 is 5.73 Å². The summed E-state index contributed by atoms with van der Waals surface area (Å²) in [6.07, 6.45) is -6.67. The lowest BCUT2D eigenvalue weighted by molar-refractivity contribution is -0.0754. The van der Waals surface area contributed by atoms with E-state index in [0.29, 0.717) is 0 Å². The van der Waals surface area contributed by atoms with Gasteiger partial charge in [-0.25, -0.2) is 23.1 Å². The van der Waals surface area contributed by atoms with Crippen molar-refractivity contribution in [2.45, 2.75) is 37.1 Å². The van der Waals surface area contributed by atoms with E-state index in [1.165, 1.54) is 0 Å². The van der Waals surface area contributed by atoms with Gasteiger partial charge in [-0.05, 0) is 24.4 Å². The minimum atomic E-state index is -5.83. The molecule has 1 fully saturated rings. The number of aliphatic hydroxyl groups excluding tert-OH is 1. The molecule has 3 rings (SSSR count). The van der Waals surface area contributed by atoms with Crippen molar-refractivity contribution >= 4 is 64.4 Å². The lowest BCUT2D eigenvalue weighted by atomic mass is 9.95. The molecule has 1 saturated heterocycles. The molecule has 3 heterocycles. The first-order valence-corrected chi connectivity index (χ1v) is 14.4. The minimum Gasteiger partial charge on any atom is -0.386 e. The van der Waals surface area contributed by atoms with Crippen LogP contribution in [0.3, 0.4) is 0 Å². The lowest BCUT2D eigenvalue weighted by Crippen LogP contribution is -2.44. The van der Waals surface area contributed by atoms with E-state index >= 15 is 4.39 Å². The van der Waals surface area contributed by atoms with E-state index < -0.39 is 53.7 Å². The third-order valence-corrected chi connectivity index (χ3v) is 8.82. The SMILES string of the molecule is C[C@H](OP(=O)(O)OP(=O)(O)OP(=O)(O)O)[C@H]1O[C@@H](n2cnc3c(=S)[nH]c(N)nc32)C(F)(C#CCl)[C@H]1O. The highest BCUT2D eigenvalue weighted by Gasteiger charge is 2.60. The molecule has 23 heteroatoms. The van der Waals surface area contributed by atoms with Gasteiger partial charge in [-0.2, -0.15) is 13.6 Å². The van der Waals surface area contributed by atoms with Gasteiger partial charge in [-0.15, -0.1) is 0 Å². The Balaban J connectivity index is 1.92. The Bertz CT molecular complexity index is 1440. The molecule has 0 bridgehead atoms. The standard InChI is InChI=1S/C13H16ClFN5O12P3S/c1-5(30-34(25,26)32-35(27,28)31-33(22,23)24)7-8(21)13(15,2-3-14)11(29-7)20-4-17-6-9(20)18-12(16)19-10(6)36/h4-5,7-8,11,21H,1H3,(H,25,26)(H,27,28)(H2,22,23,24)(H3,16,18,19,36)/t5-,7+,8-,11+,13?/m0/s1. The summed E-state index contributed by atoms with van der Waals surface area (Å²) in [6, 6.07) is 0. The smallest absolute Gasteiger partial charge is 0.386 e. The van der Waals surface area contributed by atoms with E-state index in [0.717, 1.165) is 17.8 Å². The van der Waals surface area contributed by atoms with Gasteiger partial charge in [0, 0.05) is 5.38 Å². The number of aromatic amines is 1. The number of anilines is 1. The second-order valence-electron chi connectivity index (χ2n) is 7.06. The molecule has 1 aliphatic rings. The fourth-order valence-electron chi connectivity index (χ4n) is 3.23. The molecule has 36 heavy (non-hydrogen) atoms. The molecule has 0 radical (unpaired) electrons. The Labute approximate surface area is 209 Å². The maximum absolute atomic E-state index is 16.0. The molecular weight excluding hydrogens is 598 g/mol. The third-order valence-electron chi connectivity index (χ3n) is 4.51. The van der Waals surface area contributed by atoms with Crippen molar-refractivity contribution in [2.75, 3.05) is 5.73 Å². The first-order chi connectivity index (χ1) is 16.4. The number of H-pyrrole nitrogens is 1. The van der Waals surface area contributed by atoms with Crippen LogP contribution >= 0.6 is 47.3 Å². The number of hydrogen-bond donors (Lipinski definition) is 7. The molecule has 1 aliphatic heterocycles. The van der Waals surface area contributed by atoms with Gasteiger partial charge in [0.15, 0.2) is 11.9 Å². The van der Waals surface area contributed by atoms with Gasteiger partial charge in [-0.1, -0.05) is 12.2 Å². The zero-order chi connectivity index (χ0) is 27.3. The zero-order valence-corrected chi connectivity index (χ0v) is 21.7. The van der Waals surface area contributed by atoms with Crippen molar-refractivity contribution in [2.24, 2.45) is 0 Å². The molecule has 17 nitrogen and oxygen atoms in total. The van der Waals surface area contributed by atoms with Crippen molar-refractivity contribution in [3.8, 4) is 11.3 Å². The van der Waals surface area contributed by atoms with Crippen molar-refractivity contribution in [1.29, 1.82) is 0 Å². The van der Waals surface area contributed by atoms with Crippen LogP contribution in [0.15, 0.2) is 6.33 Å². The maximum atomic E-state index is 16.0. The Morgan fingerprint density at radius 2 is 1.97 bits per heavy atom. The fraction of sp³-hybridized carbons (Fsp3) is 0.462. The molecule has 0 amide bonds. The highest BCUT2D eigenvalue weighted by Crippen LogP contribution is 2.66. The summed E-state index contributed by atoms with van der Waals surface area (Å²) in [6.45, 7) is 0.974. The number of rotatable bonds is 8. The predicted octanol–water partition coefficient (Wildman–Crippen LogP) is 0.969. The number of imidazole rings is 1. The van der Waals surface area contributed by atoms with Crippen LogP contribution in [0.1, 0.15) is 13.2 Å². The van der Waals surface area contributed by atoms with E-state index in [-0.39, 0.29) is 21.8 Å². The molecule has 2 aromatic heterocycles. The molecule has 0 aliphatic carbocycles. The highest BCUT2D eigenvalue weighted by molar-refractivity contribution is 7.71. The quantitative estimate of drug-likeness (QED) is 0.124. The Hall–Kier alpha value is -1.32. The monoisotopic (exact) mass is 613 g/mol. The highest BCUT2D eigenvalue weighted by atomic mass is 35.5. The molecule has 8 N–H and O–H groups in total. The number of nitrogens with zero attached hydrogens (tertiary/aromatic N) is 3. The summed E-state index contributed by atoms with van der Waals surface area (Å²) in [5.41, 5.74) is 2.61. The number of hydrogen-bond acceptors (Lipinski definition) is 12. The summed E-state index contributed by atoms with van der Waals surface area (Å²) in [5.74, 6) is 1.77. The van der Waals surface area contributed by atoms with Gasteiger partial charge < -0.3 is 40.1 Å². The summed E-state index contributed by atoms with van der Waals surface area (Å²) >= 11 is 10.5. The first-order valence-electron chi connectivity index (χ1n) is 9.09. The number of nitrogen functional groups attached to an aromatic ring is 1. The fourth-order valence-corrected chi connectivity index (χ4v) is 6.83. The van der Waals surface area contributed by atoms with E-state index in [1.54, 1.807) is 5.38 Å². The number of phosphoric acid groups is 3. The predicted molar refractivity (Wildman–Crippen MR) is 119 cm³/mol. The normalized spacial score (nSPS) is 28.7. The number of ether oxygens (including phenoxy) is 1. The van der Waals surface area contributed by atoms with Gasteiger partial charge in [-0.3, -0.25) is 9.09 Å². The summed E-state index contributed by atoms with van der Waals surface area (Å²) < 4.78 is 68.8. The average molecular weight is 614 g/mol. The molecule has 2 aromatic rings. The maximum Gasteiger partial charge on any atom is 0.490 e. The van der Waals surface area contributed by atoms with Crippen molar-refractivity contribution in [3.63, 3.8) is 0 Å². The molecule has 3 unspecified atom stereocenters. The number of phosphoric ester groups is 1. The van der Waals surface area contributed by atoms with Gasteiger partial charge in [0.2, 0.25) is 11.6 Å². The van der Waals surface area contributed by atoms with Crippen LogP contribution in [0.2, 0.25) is 0 Å². The van der Waals surface area contributed by atoms with Gasteiger partial charge >= 0.3 is 23.5 Å². The van der Waals surface area contributed by atoms with Crippen LogP contribution in [0.25, 0.3) is 11.2 Å².